The molecule has 0 bridgehead atoms. The molecule has 0 radical (unpaired) electrons. The summed E-state index contributed by atoms with van der Waals surface area (Å²) in [7, 11) is 0. The normalized spacial score (nSPS) is 30.0. The maximum Gasteiger partial charge on any atom is 0.0494 e. The molecule has 0 aromatic heterocycles. The molecule has 2 saturated heterocycles. The molecule has 1 atom stereocenters. The molecule has 19 heavy (non-hydrogen) atoms. The fourth-order valence-electron chi connectivity index (χ4n) is 3.58. The van der Waals surface area contributed by atoms with Crippen molar-refractivity contribution in [3.8, 4) is 0 Å². The number of rotatable bonds is 6. The van der Waals surface area contributed by atoms with Crippen LogP contribution in [0.2, 0.25) is 0 Å². The van der Waals surface area contributed by atoms with Crippen molar-refractivity contribution in [2.45, 2.75) is 51.0 Å². The second kappa shape index (κ2) is 7.05. The van der Waals surface area contributed by atoms with Crippen LogP contribution in [0, 0.1) is 5.92 Å². The van der Waals surface area contributed by atoms with E-state index in [4.69, 9.17) is 4.74 Å². The minimum absolute atomic E-state index is 0.851. The molecule has 1 saturated carbocycles. The zero-order chi connectivity index (χ0) is 12.9. The summed E-state index contributed by atoms with van der Waals surface area (Å²) in [4.78, 5) is 5.43. The Morgan fingerprint density at radius 2 is 1.84 bits per heavy atom. The van der Waals surface area contributed by atoms with E-state index in [1.54, 1.807) is 0 Å². The molecule has 0 aromatic rings. The Labute approximate surface area is 118 Å². The third-order valence-corrected chi connectivity index (χ3v) is 4.95. The number of fused-ring (bicyclic) bond motifs is 1. The van der Waals surface area contributed by atoms with E-state index in [-0.39, 0.29) is 0 Å². The molecule has 3 rings (SSSR count). The van der Waals surface area contributed by atoms with Gasteiger partial charge in [-0.2, -0.15) is 0 Å². The first-order chi connectivity index (χ1) is 9.42. The predicted molar refractivity (Wildman–Crippen MR) is 78.4 cm³/mol. The molecular weight excluding hydrogens is 236 g/mol. The van der Waals surface area contributed by atoms with E-state index >= 15 is 0 Å². The summed E-state index contributed by atoms with van der Waals surface area (Å²) in [6, 6.07) is 0.851. The fraction of sp³-hybridized carbons (Fsp3) is 1.00. The Kier molecular flexibility index (Phi) is 5.14. The van der Waals surface area contributed by atoms with E-state index in [1.165, 1.54) is 77.7 Å². The summed E-state index contributed by atoms with van der Waals surface area (Å²) >= 11 is 0. The highest BCUT2D eigenvalue weighted by Crippen LogP contribution is 2.28. The molecule has 0 spiro atoms. The van der Waals surface area contributed by atoms with Crippen molar-refractivity contribution in [2.24, 2.45) is 5.92 Å². The summed E-state index contributed by atoms with van der Waals surface area (Å²) in [5.41, 5.74) is 0. The zero-order valence-electron chi connectivity index (χ0n) is 12.4. The molecule has 1 aliphatic carbocycles. The van der Waals surface area contributed by atoms with E-state index in [0.29, 0.717) is 0 Å². The second-order valence-corrected chi connectivity index (χ2v) is 6.71. The Morgan fingerprint density at radius 3 is 2.74 bits per heavy atom. The van der Waals surface area contributed by atoms with Crippen LogP contribution in [-0.2, 0) is 4.74 Å². The average Bonchev–Trinajstić information content (AvgIpc) is 3.24. The third kappa shape index (κ3) is 4.44. The molecule has 3 aliphatic rings. The standard InChI is InChI=1S/C16H30N2O/c1-2-10-18-11-3-8-17(13-16(18)5-1)9-4-12-19-14-15-6-7-15/h15-16H,1-14H2. The largest absolute Gasteiger partial charge is 0.381 e. The highest BCUT2D eigenvalue weighted by molar-refractivity contribution is 4.83. The topological polar surface area (TPSA) is 15.7 Å². The fourth-order valence-corrected chi connectivity index (χ4v) is 3.58. The van der Waals surface area contributed by atoms with Crippen LogP contribution in [0.15, 0.2) is 0 Å². The van der Waals surface area contributed by atoms with Gasteiger partial charge in [0.2, 0.25) is 0 Å². The van der Waals surface area contributed by atoms with Gasteiger partial charge in [0, 0.05) is 32.3 Å². The third-order valence-electron chi connectivity index (χ3n) is 4.95. The highest BCUT2D eigenvalue weighted by atomic mass is 16.5. The Balaban J connectivity index is 1.33. The molecule has 0 amide bonds. The lowest BCUT2D eigenvalue weighted by molar-refractivity contribution is 0.104. The number of hydrogen-bond donors (Lipinski definition) is 0. The first-order valence-electron chi connectivity index (χ1n) is 8.46. The van der Waals surface area contributed by atoms with Crippen molar-refractivity contribution >= 4 is 0 Å². The van der Waals surface area contributed by atoms with Gasteiger partial charge in [0.15, 0.2) is 0 Å². The van der Waals surface area contributed by atoms with Gasteiger partial charge in [0.05, 0.1) is 0 Å². The van der Waals surface area contributed by atoms with E-state index < -0.39 is 0 Å². The monoisotopic (exact) mass is 266 g/mol. The maximum absolute atomic E-state index is 5.75. The number of nitrogens with zero attached hydrogens (tertiary/aromatic N) is 2. The lowest BCUT2D eigenvalue weighted by Gasteiger charge is -2.35. The van der Waals surface area contributed by atoms with E-state index in [0.717, 1.165) is 25.2 Å². The van der Waals surface area contributed by atoms with E-state index in [1.807, 2.05) is 0 Å². The van der Waals surface area contributed by atoms with Gasteiger partial charge in [0.25, 0.3) is 0 Å². The lowest BCUT2D eigenvalue weighted by atomic mass is 10.0. The van der Waals surface area contributed by atoms with Gasteiger partial charge in [-0.25, -0.2) is 0 Å². The summed E-state index contributed by atoms with van der Waals surface area (Å²) < 4.78 is 5.75. The predicted octanol–water partition coefficient (Wildman–Crippen LogP) is 2.36. The maximum atomic E-state index is 5.75. The molecule has 0 aromatic carbocycles. The van der Waals surface area contributed by atoms with Crippen LogP contribution >= 0.6 is 0 Å². The Hall–Kier alpha value is -0.120. The molecule has 2 aliphatic heterocycles. The van der Waals surface area contributed by atoms with E-state index in [2.05, 4.69) is 9.80 Å². The quantitative estimate of drug-likeness (QED) is 0.687. The van der Waals surface area contributed by atoms with Crippen molar-refractivity contribution in [3.05, 3.63) is 0 Å². The molecule has 0 N–H and O–H groups in total. The lowest BCUT2D eigenvalue weighted by Crippen LogP contribution is -2.44. The SMILES string of the molecule is C1CCN2CCCN(CCCOCC3CC3)CC2C1. The van der Waals surface area contributed by atoms with Gasteiger partial charge >= 0.3 is 0 Å². The molecule has 2 heterocycles. The summed E-state index contributed by atoms with van der Waals surface area (Å²) in [6.45, 7) is 8.54. The Bertz CT molecular complexity index is 267. The zero-order valence-corrected chi connectivity index (χ0v) is 12.4. The van der Waals surface area contributed by atoms with Crippen molar-refractivity contribution < 1.29 is 4.74 Å². The molecule has 1 unspecified atom stereocenters. The summed E-state index contributed by atoms with van der Waals surface area (Å²) in [5.74, 6) is 0.911. The van der Waals surface area contributed by atoms with Gasteiger partial charge in [0.1, 0.15) is 0 Å². The molecule has 110 valence electrons. The van der Waals surface area contributed by atoms with Crippen LogP contribution in [0.5, 0.6) is 0 Å². The van der Waals surface area contributed by atoms with Crippen LogP contribution < -0.4 is 0 Å². The van der Waals surface area contributed by atoms with Crippen molar-refractivity contribution in [2.75, 3.05) is 45.9 Å². The second-order valence-electron chi connectivity index (χ2n) is 6.71. The average molecular weight is 266 g/mol. The molecule has 3 nitrogen and oxygen atoms in total. The van der Waals surface area contributed by atoms with Crippen LogP contribution in [0.3, 0.4) is 0 Å². The van der Waals surface area contributed by atoms with Crippen molar-refractivity contribution in [3.63, 3.8) is 0 Å². The number of piperidine rings is 1. The number of ether oxygens (including phenoxy) is 1. The molecule has 3 fully saturated rings. The van der Waals surface area contributed by atoms with Crippen LogP contribution in [-0.4, -0.2) is 61.8 Å². The molecule has 3 heteroatoms. The van der Waals surface area contributed by atoms with Gasteiger partial charge in [-0.3, -0.25) is 4.90 Å². The van der Waals surface area contributed by atoms with Crippen LogP contribution in [0.4, 0.5) is 0 Å². The van der Waals surface area contributed by atoms with Gasteiger partial charge in [-0.05, 0) is 64.1 Å². The van der Waals surface area contributed by atoms with Gasteiger partial charge in [-0.15, -0.1) is 0 Å². The smallest absolute Gasteiger partial charge is 0.0494 e. The molecular formula is C16H30N2O. The van der Waals surface area contributed by atoms with Crippen molar-refractivity contribution in [1.29, 1.82) is 0 Å². The number of hydrogen-bond acceptors (Lipinski definition) is 3. The van der Waals surface area contributed by atoms with Crippen LogP contribution in [0.25, 0.3) is 0 Å². The first kappa shape index (κ1) is 13.8. The minimum Gasteiger partial charge on any atom is -0.381 e. The first-order valence-corrected chi connectivity index (χ1v) is 8.46. The summed E-state index contributed by atoms with van der Waals surface area (Å²) in [6.07, 6.45) is 9.69. The minimum atomic E-state index is 0.851. The highest BCUT2D eigenvalue weighted by Gasteiger charge is 2.26. The van der Waals surface area contributed by atoms with E-state index in [9.17, 15) is 0 Å². The van der Waals surface area contributed by atoms with Gasteiger partial charge in [-0.1, -0.05) is 6.42 Å². The van der Waals surface area contributed by atoms with Crippen molar-refractivity contribution in [1.82, 2.24) is 9.80 Å². The van der Waals surface area contributed by atoms with Gasteiger partial charge < -0.3 is 9.64 Å². The Morgan fingerprint density at radius 1 is 0.947 bits per heavy atom. The summed E-state index contributed by atoms with van der Waals surface area (Å²) in [5, 5.41) is 0. The van der Waals surface area contributed by atoms with Crippen LogP contribution in [0.1, 0.15) is 44.9 Å².